The largest absolute Gasteiger partial charge is 0.358 e. The number of aromatic nitrogens is 1. The zero-order chi connectivity index (χ0) is 13.4. The normalized spacial score (nSPS) is 10.4. The fourth-order valence-corrected chi connectivity index (χ4v) is 2.86. The van der Waals surface area contributed by atoms with Crippen molar-refractivity contribution in [3.8, 4) is 0 Å². The number of nitrogens with zero attached hydrogens (tertiary/aromatic N) is 1. The molecule has 0 aliphatic heterocycles. The van der Waals surface area contributed by atoms with Crippen LogP contribution in [0.1, 0.15) is 22.4 Å². The van der Waals surface area contributed by atoms with E-state index in [9.17, 15) is 0 Å². The van der Waals surface area contributed by atoms with Crippen LogP contribution in [0.15, 0.2) is 60.1 Å². The number of benzene rings is 1. The number of pyridine rings is 1. The van der Waals surface area contributed by atoms with Crippen LogP contribution in [-0.2, 0) is 39.1 Å². The molecule has 0 bridgehead atoms. The minimum Gasteiger partial charge on any atom is -0.358 e. The summed E-state index contributed by atoms with van der Waals surface area (Å²) >= 11 is 0. The van der Waals surface area contributed by atoms with Crippen molar-refractivity contribution < 1.29 is 32.7 Å². The van der Waals surface area contributed by atoms with E-state index in [4.69, 9.17) is 0 Å². The zero-order valence-electron chi connectivity index (χ0n) is 13.2. The first-order valence-electron chi connectivity index (χ1n) is 6.71. The minimum atomic E-state index is 0. The maximum atomic E-state index is 4.45. The van der Waals surface area contributed by atoms with Gasteiger partial charge in [-0.05, 0) is 12.1 Å². The van der Waals surface area contributed by atoms with E-state index in [1.807, 2.05) is 30.5 Å². The molecule has 1 aromatic heterocycles. The molecule has 0 saturated carbocycles. The van der Waals surface area contributed by atoms with E-state index in [0.717, 1.165) is 12.1 Å². The zero-order valence-corrected chi connectivity index (χ0v) is 17.5. The minimum absolute atomic E-state index is 0. The second-order valence-corrected chi connectivity index (χ2v) is 4.93. The van der Waals surface area contributed by atoms with E-state index >= 15 is 0 Å². The molecule has 3 heteroatoms. The molecule has 1 atom stereocenters. The van der Waals surface area contributed by atoms with Crippen LogP contribution in [0.2, 0.25) is 0 Å². The van der Waals surface area contributed by atoms with Gasteiger partial charge in [0.1, 0.15) is 0 Å². The summed E-state index contributed by atoms with van der Waals surface area (Å²) < 4.78 is 0. The number of fused-ring (bicyclic) bond motifs is 3. The van der Waals surface area contributed by atoms with Crippen LogP contribution in [0.3, 0.4) is 0 Å². The van der Waals surface area contributed by atoms with E-state index in [0.29, 0.717) is 0 Å². The van der Waals surface area contributed by atoms with Crippen molar-refractivity contribution in [3.05, 3.63) is 89.9 Å². The summed E-state index contributed by atoms with van der Waals surface area (Å²) in [4.78, 5) is 4.45. The standard InChI is InChI=1S/C19H12N.CH3.H3P.Y/c1-3-10-17-15(8-1)16-9-2-4-11-18(16)19(17)13-14-7-5-6-12-20-14;;;/h1,3,5-12H,13H2;2*1H3;/q2*-1;;. The maximum absolute atomic E-state index is 4.45. The van der Waals surface area contributed by atoms with Crippen molar-refractivity contribution in [1.29, 1.82) is 0 Å². The Bertz CT molecular complexity index is 896. The molecule has 0 saturated heterocycles. The van der Waals surface area contributed by atoms with E-state index in [1.54, 1.807) is 0 Å². The monoisotopic (exact) mass is 392 g/mol. The molecule has 1 heterocycles. The van der Waals surface area contributed by atoms with Gasteiger partial charge in [-0.2, -0.15) is 21.4 Å². The number of hydrogen-bond donors (Lipinski definition) is 0. The summed E-state index contributed by atoms with van der Waals surface area (Å²) in [5.74, 6) is 0. The van der Waals surface area contributed by atoms with Gasteiger partial charge in [-0.15, -0.1) is 16.3 Å². The summed E-state index contributed by atoms with van der Waals surface area (Å²) in [6.45, 7) is 0. The topological polar surface area (TPSA) is 12.9 Å². The van der Waals surface area contributed by atoms with Crippen molar-refractivity contribution in [2.45, 2.75) is 6.42 Å². The average molecular weight is 392 g/mol. The predicted octanol–water partition coefficient (Wildman–Crippen LogP) is 4.84. The summed E-state index contributed by atoms with van der Waals surface area (Å²) in [5.41, 5.74) is 11.1. The van der Waals surface area contributed by atoms with Crippen LogP contribution >= 0.6 is 9.90 Å². The molecular weight excluding hydrogens is 374 g/mol. The molecule has 4 rings (SSSR count). The summed E-state index contributed by atoms with van der Waals surface area (Å²) in [7, 11) is 0. The van der Waals surface area contributed by atoms with Gasteiger partial charge in [0.2, 0.25) is 0 Å². The van der Waals surface area contributed by atoms with E-state index in [-0.39, 0.29) is 50.0 Å². The SMILES string of the molecule is C1=C=C[c-]2c(c3ccccc3c2Cc2ccccn2)C=1.P.[CH3-].[Y]. The third kappa shape index (κ3) is 3.67. The average Bonchev–Trinajstić information content (AvgIpc) is 2.84. The Labute approximate surface area is 166 Å². The summed E-state index contributed by atoms with van der Waals surface area (Å²) in [6.07, 6.45) is 6.76. The van der Waals surface area contributed by atoms with Crippen molar-refractivity contribution >= 4 is 32.8 Å². The van der Waals surface area contributed by atoms with Crippen LogP contribution in [0, 0.1) is 7.43 Å². The molecule has 3 aromatic rings. The Morgan fingerprint density at radius 2 is 1.70 bits per heavy atom. The molecule has 0 spiro atoms. The third-order valence-corrected chi connectivity index (χ3v) is 3.76. The van der Waals surface area contributed by atoms with Gasteiger partial charge in [0.15, 0.2) is 0 Å². The summed E-state index contributed by atoms with van der Waals surface area (Å²) in [5, 5.41) is 2.60. The molecule has 1 aliphatic carbocycles. The number of rotatable bonds is 2. The first kappa shape index (κ1) is 19.9. The predicted molar refractivity (Wildman–Crippen MR) is 100 cm³/mol. The Morgan fingerprint density at radius 1 is 0.957 bits per heavy atom. The van der Waals surface area contributed by atoms with Crippen molar-refractivity contribution in [2.24, 2.45) is 0 Å². The second kappa shape index (κ2) is 8.61. The Morgan fingerprint density at radius 3 is 2.43 bits per heavy atom. The van der Waals surface area contributed by atoms with Gasteiger partial charge in [0, 0.05) is 51.0 Å². The van der Waals surface area contributed by atoms with Crippen molar-refractivity contribution in [3.63, 3.8) is 0 Å². The Hall–Kier alpha value is -1.19. The molecule has 0 N–H and O–H groups in total. The van der Waals surface area contributed by atoms with Gasteiger partial charge in [0.05, 0.1) is 0 Å². The molecule has 0 fully saturated rings. The van der Waals surface area contributed by atoms with Crippen molar-refractivity contribution in [2.75, 3.05) is 0 Å². The van der Waals surface area contributed by atoms with Gasteiger partial charge in [0.25, 0.3) is 0 Å². The molecule has 1 aliphatic rings. The first-order chi connectivity index (χ1) is 9.93. The van der Waals surface area contributed by atoms with Crippen LogP contribution < -0.4 is 0 Å². The van der Waals surface area contributed by atoms with Gasteiger partial charge < -0.3 is 7.43 Å². The first-order valence-corrected chi connectivity index (χ1v) is 6.71. The van der Waals surface area contributed by atoms with Crippen LogP contribution in [0.4, 0.5) is 0 Å². The van der Waals surface area contributed by atoms with E-state index in [1.165, 1.54) is 27.5 Å². The Kier molecular flexibility index (Phi) is 7.43. The van der Waals surface area contributed by atoms with Crippen molar-refractivity contribution in [1.82, 2.24) is 4.98 Å². The smallest absolute Gasteiger partial charge is 0.0434 e. The summed E-state index contributed by atoms with van der Waals surface area (Å²) in [6, 6.07) is 14.6. The number of hydrogen-bond acceptors (Lipinski definition) is 1. The molecule has 2 aromatic carbocycles. The fourth-order valence-electron chi connectivity index (χ4n) is 2.86. The third-order valence-electron chi connectivity index (χ3n) is 3.76. The van der Waals surface area contributed by atoms with Crippen LogP contribution in [0.5, 0.6) is 0 Å². The van der Waals surface area contributed by atoms with Crippen LogP contribution in [-0.4, -0.2) is 4.98 Å². The molecular formula is C20H18NPY-2. The second-order valence-electron chi connectivity index (χ2n) is 4.93. The molecule has 1 nitrogen and oxygen atoms in total. The quantitative estimate of drug-likeness (QED) is 0.270. The van der Waals surface area contributed by atoms with Gasteiger partial charge in [-0.25, -0.2) is 0 Å². The molecule has 1 unspecified atom stereocenters. The van der Waals surface area contributed by atoms with E-state index in [2.05, 4.69) is 46.8 Å². The molecule has 1 radical (unpaired) electrons. The molecule has 0 amide bonds. The molecule has 23 heavy (non-hydrogen) atoms. The fraction of sp³-hybridized carbons (Fsp3) is 0.0500. The van der Waals surface area contributed by atoms with E-state index < -0.39 is 0 Å². The van der Waals surface area contributed by atoms with Crippen LogP contribution in [0.25, 0.3) is 22.9 Å². The van der Waals surface area contributed by atoms with Gasteiger partial charge >= 0.3 is 0 Å². The molecule has 113 valence electrons. The van der Waals surface area contributed by atoms with Gasteiger partial charge in [-0.3, -0.25) is 4.98 Å². The maximum Gasteiger partial charge on any atom is 0.0434 e. The van der Waals surface area contributed by atoms with Gasteiger partial charge in [-0.1, -0.05) is 53.6 Å². The Balaban J connectivity index is 0.000000882.